The number of H-pyrrole nitrogens is 2. The molecule has 7 bridgehead atoms. The number of aromatic amines is 2. The normalized spacial score (nSPS) is 28.2. The minimum atomic E-state index is -1.45. The molecule has 12 nitrogen and oxygen atoms in total. The van der Waals surface area contributed by atoms with Crippen LogP contribution >= 0.6 is 0 Å². The summed E-state index contributed by atoms with van der Waals surface area (Å²) >= 11 is 0. The number of aliphatic hydroxyl groups excluding tert-OH is 3. The van der Waals surface area contributed by atoms with E-state index in [1.54, 1.807) is 36.4 Å². The van der Waals surface area contributed by atoms with Gasteiger partial charge in [0.15, 0.2) is 17.3 Å². The van der Waals surface area contributed by atoms with Crippen molar-refractivity contribution in [1.82, 2.24) is 9.97 Å². The van der Waals surface area contributed by atoms with Gasteiger partial charge < -0.3 is 50.7 Å². The lowest BCUT2D eigenvalue weighted by molar-refractivity contribution is -0.135. The van der Waals surface area contributed by atoms with Crippen LogP contribution in [0.1, 0.15) is 137 Å². The lowest BCUT2D eigenvalue weighted by atomic mass is 9.65. The maximum Gasteiger partial charge on any atom is 0.163 e. The molecule has 0 radical (unpaired) electrons. The van der Waals surface area contributed by atoms with E-state index in [0.717, 1.165) is 59.2 Å². The van der Waals surface area contributed by atoms with Gasteiger partial charge in [-0.25, -0.2) is 0 Å². The Morgan fingerprint density at radius 2 is 1.69 bits per heavy atom. The molecule has 12 heteroatoms. The van der Waals surface area contributed by atoms with E-state index < -0.39 is 59.9 Å². The third kappa shape index (κ3) is 8.38. The summed E-state index contributed by atoms with van der Waals surface area (Å²) in [5.74, 6) is 2.97. The standard InChI is InChI=1S/C58H59N3O9/c62-26-21-42-51(65)16-11-32-27-45(55(67)52(28-32)70-35-6-1-2-7-35)54(66)34-12-13-37-40-15-14-38(43(37)29-34)41-20-25-60-57(41)61-47(8-4-10-50(40)64)44-30-48-39(19-24-59-48)46(53(44)56(42)68)31-58(69)22-17-33-5-3-9-49(63)36(33)18-23-58/h3,5,9,12-15,18-20,23-25,27-30,35,38,40,42,46-47,50,53-54,59-64,66-67,69H,1-2,6-7,10-11,16-17,21-22,26,31H2/t38-,40+,42+,46+,47+,50-,53+,54+,58-/m0/s1. The SMILES string of the molecule is O=C1CCc2cc(OC3CCCC3)c(O)c(c2)[C@H](O)c2ccc3c(c2)[C@H]2C=C[C@H]3[C@@H](O)CC#C[C@@H](Nc3[nH]ccc32)C2=Cc3[nH]ccc3[C@@H](C[C@@]3(O)C=Cc4c(O)cccc4CC3)[C@@H]2C(=O)[C@@H]1CCO. The van der Waals surface area contributed by atoms with Gasteiger partial charge in [-0.05, 0) is 133 Å². The highest BCUT2D eigenvalue weighted by Gasteiger charge is 2.47. The first kappa shape index (κ1) is 45.8. The third-order valence-corrected chi connectivity index (χ3v) is 15.9. The van der Waals surface area contributed by atoms with Gasteiger partial charge in [0.2, 0.25) is 0 Å². The van der Waals surface area contributed by atoms with E-state index in [-0.39, 0.29) is 72.7 Å². The molecule has 5 aromatic rings. The average molecular weight is 942 g/mol. The number of benzene rings is 3. The highest BCUT2D eigenvalue weighted by atomic mass is 16.5. The van der Waals surface area contributed by atoms with Crippen LogP contribution in [-0.2, 0) is 22.4 Å². The van der Waals surface area contributed by atoms with Crippen LogP contribution in [0, 0.1) is 23.7 Å². The van der Waals surface area contributed by atoms with Crippen molar-refractivity contribution >= 4 is 29.5 Å². The van der Waals surface area contributed by atoms with E-state index in [1.165, 1.54) is 0 Å². The number of ketones is 2. The van der Waals surface area contributed by atoms with E-state index >= 15 is 4.79 Å². The number of carbonyl (C=O) groups excluding carboxylic acids is 2. The molecule has 70 heavy (non-hydrogen) atoms. The van der Waals surface area contributed by atoms with E-state index in [0.29, 0.717) is 40.9 Å². The zero-order valence-corrected chi connectivity index (χ0v) is 38.9. The summed E-state index contributed by atoms with van der Waals surface area (Å²) in [5, 5.41) is 74.1. The second kappa shape index (κ2) is 18.6. The van der Waals surface area contributed by atoms with Gasteiger partial charge in [0.1, 0.15) is 29.5 Å². The van der Waals surface area contributed by atoms with Crippen LogP contribution in [0.3, 0.4) is 0 Å². The van der Waals surface area contributed by atoms with Gasteiger partial charge in [-0.15, -0.1) is 0 Å². The number of aromatic hydroxyl groups is 2. The number of anilines is 1. The highest BCUT2D eigenvalue weighted by molar-refractivity contribution is 6.05. The van der Waals surface area contributed by atoms with Crippen molar-refractivity contribution in [1.29, 1.82) is 0 Å². The number of phenols is 2. The van der Waals surface area contributed by atoms with Gasteiger partial charge in [0.25, 0.3) is 0 Å². The van der Waals surface area contributed by atoms with E-state index in [4.69, 9.17) is 4.74 Å². The Kier molecular flexibility index (Phi) is 12.2. The molecule has 5 heterocycles. The number of Topliss-reactive ketones (excluding diaryl/α,β-unsaturated/α-hetero) is 2. The number of aryl methyl sites for hydroxylation is 2. The van der Waals surface area contributed by atoms with Crippen LogP contribution in [-0.4, -0.2) is 82.6 Å². The molecule has 0 amide bonds. The van der Waals surface area contributed by atoms with Gasteiger partial charge in [0, 0.05) is 77.9 Å². The van der Waals surface area contributed by atoms with E-state index in [9.17, 15) is 35.4 Å². The molecule has 1 fully saturated rings. The summed E-state index contributed by atoms with van der Waals surface area (Å²) in [6.45, 7) is -0.431. The molecule has 0 unspecified atom stereocenters. The highest BCUT2D eigenvalue weighted by Crippen LogP contribution is 2.50. The number of carbonyl (C=O) groups is 2. The van der Waals surface area contributed by atoms with Gasteiger partial charge >= 0.3 is 0 Å². The van der Waals surface area contributed by atoms with Crippen molar-refractivity contribution in [2.45, 2.75) is 118 Å². The quantitative estimate of drug-likeness (QED) is 0.0454. The molecular formula is C58H59N3O9. The first-order valence-electron chi connectivity index (χ1n) is 24.9. The molecule has 3 aromatic carbocycles. The number of fused-ring (bicyclic) bond motifs is 8. The molecule has 2 aromatic heterocycles. The Morgan fingerprint density at radius 1 is 0.857 bits per heavy atom. The third-order valence-electron chi connectivity index (χ3n) is 15.9. The Labute approximate surface area is 406 Å². The molecule has 0 spiro atoms. The molecule has 12 rings (SSSR count). The number of aliphatic hydroxyl groups is 4. The molecule has 9 atom stereocenters. The lowest BCUT2D eigenvalue weighted by Gasteiger charge is -2.39. The topological polar surface area (TPSA) is 208 Å². The van der Waals surface area contributed by atoms with Gasteiger partial charge in [-0.1, -0.05) is 66.5 Å². The van der Waals surface area contributed by atoms with Crippen LogP contribution in [0.5, 0.6) is 17.2 Å². The van der Waals surface area contributed by atoms with Crippen molar-refractivity contribution in [3.63, 3.8) is 0 Å². The summed E-state index contributed by atoms with van der Waals surface area (Å²) < 4.78 is 6.44. The molecule has 9 N–H and O–H groups in total. The average Bonchev–Trinajstić information content (AvgIpc) is 4.14. The van der Waals surface area contributed by atoms with E-state index in [1.807, 2.05) is 60.9 Å². The molecule has 4 aliphatic carbocycles. The number of phenolic OH excluding ortho intramolecular Hbond substituents is 2. The van der Waals surface area contributed by atoms with E-state index in [2.05, 4.69) is 33.2 Å². The number of ether oxygens (including phenoxy) is 1. The Balaban J connectivity index is 1.09. The number of rotatable bonds is 6. The van der Waals surface area contributed by atoms with Gasteiger partial charge in [0.05, 0.1) is 23.7 Å². The minimum absolute atomic E-state index is 0.0797. The monoisotopic (exact) mass is 941 g/mol. The van der Waals surface area contributed by atoms with Crippen LogP contribution in [0.25, 0.3) is 12.2 Å². The summed E-state index contributed by atoms with van der Waals surface area (Å²) in [6, 6.07) is 17.5. The predicted molar refractivity (Wildman–Crippen MR) is 265 cm³/mol. The number of hydrogen-bond donors (Lipinski definition) is 9. The molecule has 1 saturated carbocycles. The maximum atomic E-state index is 15.9. The van der Waals surface area contributed by atoms with Crippen LogP contribution in [0.4, 0.5) is 5.82 Å². The molecule has 7 aliphatic rings. The number of aromatic nitrogens is 2. The maximum absolute atomic E-state index is 15.9. The van der Waals surface area contributed by atoms with Crippen LogP contribution in [0.15, 0.2) is 96.9 Å². The van der Waals surface area contributed by atoms with Crippen molar-refractivity contribution in [3.8, 4) is 29.1 Å². The number of hydrogen-bond acceptors (Lipinski definition) is 10. The Hall–Kier alpha value is -6.62. The second-order valence-electron chi connectivity index (χ2n) is 20.2. The van der Waals surface area contributed by atoms with Crippen LogP contribution < -0.4 is 10.1 Å². The van der Waals surface area contributed by atoms with Gasteiger partial charge in [-0.2, -0.15) is 0 Å². The Morgan fingerprint density at radius 3 is 2.53 bits per heavy atom. The fourth-order valence-electron chi connectivity index (χ4n) is 12.2. The summed E-state index contributed by atoms with van der Waals surface area (Å²) in [4.78, 5) is 37.6. The molecular weight excluding hydrogens is 883 g/mol. The number of nitrogens with one attached hydrogen (secondary N) is 3. The summed E-state index contributed by atoms with van der Waals surface area (Å²) in [7, 11) is 0. The first-order valence-corrected chi connectivity index (χ1v) is 24.9. The second-order valence-corrected chi connectivity index (χ2v) is 20.2. The summed E-state index contributed by atoms with van der Waals surface area (Å²) in [5.41, 5.74) is 6.15. The zero-order valence-electron chi connectivity index (χ0n) is 38.9. The van der Waals surface area contributed by atoms with Crippen molar-refractivity contribution in [3.05, 3.63) is 153 Å². The molecule has 0 saturated heterocycles. The van der Waals surface area contributed by atoms with Crippen LogP contribution in [0.2, 0.25) is 0 Å². The van der Waals surface area contributed by atoms with Crippen molar-refractivity contribution in [2.24, 2.45) is 11.8 Å². The fraction of sp³-hybridized carbons (Fsp3) is 0.379. The smallest absolute Gasteiger partial charge is 0.163 e. The number of allylic oxidation sites excluding steroid dienone is 1. The molecule has 3 aliphatic heterocycles. The zero-order chi connectivity index (χ0) is 48.3. The fourth-order valence-corrected chi connectivity index (χ4v) is 12.2. The Bertz CT molecular complexity index is 3020. The van der Waals surface area contributed by atoms with Gasteiger partial charge in [-0.3, -0.25) is 9.59 Å². The van der Waals surface area contributed by atoms with Crippen molar-refractivity contribution < 1.29 is 45.0 Å². The minimum Gasteiger partial charge on any atom is -0.507 e. The molecule has 360 valence electrons. The van der Waals surface area contributed by atoms with Crippen molar-refractivity contribution in [2.75, 3.05) is 11.9 Å². The lowest BCUT2D eigenvalue weighted by Crippen LogP contribution is -2.42. The largest absolute Gasteiger partial charge is 0.507 e. The predicted octanol–water partition coefficient (Wildman–Crippen LogP) is 8.15. The summed E-state index contributed by atoms with van der Waals surface area (Å²) in [6.07, 6.45) is 15.3. The first-order chi connectivity index (χ1) is 34.0.